The number of aliphatic imine (C=N–C) groups is 1. The summed E-state index contributed by atoms with van der Waals surface area (Å²) in [5.41, 5.74) is 1.36. The molecule has 0 fully saturated rings. The Bertz CT molecular complexity index is 207. The summed E-state index contributed by atoms with van der Waals surface area (Å²) in [5, 5.41) is 0. The molecular formula is C11H17N. The van der Waals surface area contributed by atoms with E-state index in [1.807, 2.05) is 19.1 Å². The lowest BCUT2D eigenvalue weighted by molar-refractivity contribution is 1.21. The van der Waals surface area contributed by atoms with Crippen molar-refractivity contribution >= 4 is 6.21 Å². The summed E-state index contributed by atoms with van der Waals surface area (Å²) >= 11 is 0. The highest BCUT2D eigenvalue weighted by atomic mass is 14.6. The van der Waals surface area contributed by atoms with Crippen LogP contribution in [0.4, 0.5) is 0 Å². The quantitative estimate of drug-likeness (QED) is 0.446. The van der Waals surface area contributed by atoms with Crippen LogP contribution in [0.1, 0.15) is 20.3 Å². The minimum Gasteiger partial charge on any atom is -0.297 e. The maximum Gasteiger partial charge on any atom is 0.0277 e. The normalized spacial score (nSPS) is 14.1. The molecule has 0 spiro atoms. The molecule has 0 bridgehead atoms. The van der Waals surface area contributed by atoms with E-state index in [0.29, 0.717) is 0 Å². The van der Waals surface area contributed by atoms with Gasteiger partial charge in [-0.2, -0.15) is 0 Å². The number of hydrogen-bond donors (Lipinski definition) is 0. The van der Waals surface area contributed by atoms with Crippen molar-refractivity contribution in [2.75, 3.05) is 7.05 Å². The largest absolute Gasteiger partial charge is 0.297 e. The fourth-order valence-electron chi connectivity index (χ4n) is 0.729. The zero-order valence-electron chi connectivity index (χ0n) is 8.12. The Balaban J connectivity index is 3.77. The van der Waals surface area contributed by atoms with Crippen molar-refractivity contribution in [3.8, 4) is 0 Å². The Morgan fingerprint density at radius 3 is 2.67 bits per heavy atom. The fraction of sp³-hybridized carbons (Fsp3) is 0.364. The summed E-state index contributed by atoms with van der Waals surface area (Å²) in [5.74, 6) is 0. The van der Waals surface area contributed by atoms with Crippen molar-refractivity contribution in [2.45, 2.75) is 20.3 Å². The Kier molecular flexibility index (Phi) is 7.25. The molecule has 0 rings (SSSR count). The Labute approximate surface area is 75.2 Å². The van der Waals surface area contributed by atoms with E-state index in [4.69, 9.17) is 0 Å². The summed E-state index contributed by atoms with van der Waals surface area (Å²) in [4.78, 5) is 3.85. The molecule has 0 aliphatic carbocycles. The second-order valence-corrected chi connectivity index (χ2v) is 2.58. The highest BCUT2D eigenvalue weighted by Gasteiger charge is 1.80. The average molecular weight is 163 g/mol. The van der Waals surface area contributed by atoms with E-state index < -0.39 is 0 Å². The molecular weight excluding hydrogens is 146 g/mol. The minimum atomic E-state index is 0.996. The molecule has 66 valence electrons. The van der Waals surface area contributed by atoms with Gasteiger partial charge in [-0.05, 0) is 26.3 Å². The van der Waals surface area contributed by atoms with Crippen LogP contribution in [0.15, 0.2) is 40.9 Å². The summed E-state index contributed by atoms with van der Waals surface area (Å²) in [6.45, 7) is 4.14. The summed E-state index contributed by atoms with van der Waals surface area (Å²) in [6.07, 6.45) is 13.1. The summed E-state index contributed by atoms with van der Waals surface area (Å²) in [7, 11) is 1.77. The molecule has 0 heterocycles. The second kappa shape index (κ2) is 7.99. The lowest BCUT2D eigenvalue weighted by Crippen LogP contribution is -1.71. The van der Waals surface area contributed by atoms with Crippen molar-refractivity contribution in [3.63, 3.8) is 0 Å². The zero-order valence-corrected chi connectivity index (χ0v) is 8.12. The van der Waals surface area contributed by atoms with Crippen molar-refractivity contribution < 1.29 is 0 Å². The molecule has 0 aliphatic heterocycles. The highest BCUT2D eigenvalue weighted by molar-refractivity contribution is 5.70. The molecule has 0 aromatic heterocycles. The predicted molar refractivity (Wildman–Crippen MR) is 56.7 cm³/mol. The third kappa shape index (κ3) is 7.00. The number of hydrogen-bond acceptors (Lipinski definition) is 1. The Hall–Kier alpha value is -1.11. The van der Waals surface area contributed by atoms with Gasteiger partial charge in [-0.1, -0.05) is 29.9 Å². The molecule has 0 amide bonds. The van der Waals surface area contributed by atoms with Gasteiger partial charge in [0.15, 0.2) is 0 Å². The van der Waals surface area contributed by atoms with Gasteiger partial charge >= 0.3 is 0 Å². The fourth-order valence-corrected chi connectivity index (χ4v) is 0.729. The number of allylic oxidation sites excluding steroid dienone is 6. The third-order valence-electron chi connectivity index (χ3n) is 1.38. The van der Waals surface area contributed by atoms with Gasteiger partial charge < -0.3 is 0 Å². The lowest BCUT2D eigenvalue weighted by atomic mass is 10.2. The molecule has 0 radical (unpaired) electrons. The maximum atomic E-state index is 3.85. The van der Waals surface area contributed by atoms with Crippen molar-refractivity contribution in [2.24, 2.45) is 4.99 Å². The second-order valence-electron chi connectivity index (χ2n) is 2.58. The monoisotopic (exact) mass is 163 g/mol. The van der Waals surface area contributed by atoms with E-state index >= 15 is 0 Å². The maximum absolute atomic E-state index is 3.85. The first kappa shape index (κ1) is 10.9. The van der Waals surface area contributed by atoms with Gasteiger partial charge in [-0.15, -0.1) is 0 Å². The average Bonchev–Trinajstić information content (AvgIpc) is 2.09. The summed E-state index contributed by atoms with van der Waals surface area (Å²) < 4.78 is 0. The molecule has 0 aromatic rings. The molecule has 0 aromatic carbocycles. The van der Waals surface area contributed by atoms with Gasteiger partial charge in [0.1, 0.15) is 0 Å². The van der Waals surface area contributed by atoms with Crippen LogP contribution in [0.25, 0.3) is 0 Å². The molecule has 0 atom stereocenters. The predicted octanol–water partition coefficient (Wildman–Crippen LogP) is 3.16. The van der Waals surface area contributed by atoms with Gasteiger partial charge in [0.05, 0.1) is 0 Å². The number of rotatable bonds is 4. The van der Waals surface area contributed by atoms with Crippen LogP contribution in [-0.4, -0.2) is 13.3 Å². The van der Waals surface area contributed by atoms with Gasteiger partial charge in [0, 0.05) is 13.3 Å². The summed E-state index contributed by atoms with van der Waals surface area (Å²) in [6, 6.07) is 0. The van der Waals surface area contributed by atoms with Crippen LogP contribution in [-0.2, 0) is 0 Å². The van der Waals surface area contributed by atoms with Crippen LogP contribution in [0, 0.1) is 0 Å². The van der Waals surface area contributed by atoms with Gasteiger partial charge in [-0.3, -0.25) is 4.99 Å². The molecule has 0 unspecified atom stereocenters. The van der Waals surface area contributed by atoms with Gasteiger partial charge in [0.25, 0.3) is 0 Å². The molecule has 0 saturated heterocycles. The van der Waals surface area contributed by atoms with Crippen LogP contribution >= 0.6 is 0 Å². The smallest absolute Gasteiger partial charge is 0.0277 e. The van der Waals surface area contributed by atoms with Gasteiger partial charge in [-0.25, -0.2) is 0 Å². The first-order valence-corrected chi connectivity index (χ1v) is 4.17. The first-order valence-electron chi connectivity index (χ1n) is 4.17. The van der Waals surface area contributed by atoms with E-state index in [0.717, 1.165) is 6.42 Å². The van der Waals surface area contributed by atoms with Crippen LogP contribution in [0.2, 0.25) is 0 Å². The molecule has 1 nitrogen and oxygen atoms in total. The highest BCUT2D eigenvalue weighted by Crippen LogP contribution is 2.00. The Morgan fingerprint density at radius 1 is 1.33 bits per heavy atom. The minimum absolute atomic E-state index is 0.996. The Morgan fingerprint density at radius 2 is 2.08 bits per heavy atom. The van der Waals surface area contributed by atoms with E-state index in [2.05, 4.69) is 30.1 Å². The first-order chi connectivity index (χ1) is 5.81. The van der Waals surface area contributed by atoms with E-state index in [-0.39, 0.29) is 0 Å². The van der Waals surface area contributed by atoms with Crippen LogP contribution < -0.4 is 0 Å². The van der Waals surface area contributed by atoms with E-state index in [1.165, 1.54) is 5.57 Å². The molecule has 1 heteroatoms. The van der Waals surface area contributed by atoms with E-state index in [9.17, 15) is 0 Å². The van der Waals surface area contributed by atoms with Crippen LogP contribution in [0.5, 0.6) is 0 Å². The van der Waals surface area contributed by atoms with Crippen molar-refractivity contribution in [3.05, 3.63) is 36.0 Å². The molecule has 12 heavy (non-hydrogen) atoms. The topological polar surface area (TPSA) is 12.4 Å². The molecule has 0 N–H and O–H groups in total. The van der Waals surface area contributed by atoms with E-state index in [1.54, 1.807) is 13.3 Å². The van der Waals surface area contributed by atoms with Gasteiger partial charge in [0.2, 0.25) is 0 Å². The zero-order chi connectivity index (χ0) is 9.23. The van der Waals surface area contributed by atoms with Crippen molar-refractivity contribution in [1.29, 1.82) is 0 Å². The SMILES string of the molecule is C/C=C\C=C(/C)C/C=C\C=N\C. The standard InChI is InChI=1S/C11H17N/c1-4-5-8-11(2)9-6-7-10-12-3/h4-8,10H,9H2,1-3H3/b5-4-,7-6-,11-8+,12-10+. The lowest BCUT2D eigenvalue weighted by Gasteiger charge is -1.90. The van der Waals surface area contributed by atoms with Crippen LogP contribution in [0.3, 0.4) is 0 Å². The molecule has 0 aliphatic rings. The molecule has 0 saturated carbocycles. The van der Waals surface area contributed by atoms with Crippen molar-refractivity contribution in [1.82, 2.24) is 0 Å². The third-order valence-corrected chi connectivity index (χ3v) is 1.38. The number of nitrogens with zero attached hydrogens (tertiary/aromatic N) is 1.